The number of carboxylic acids is 1. The average molecular weight is 246 g/mol. The highest BCUT2D eigenvalue weighted by atomic mass is 32.2. The Bertz CT molecular complexity index is 212. The zero-order chi connectivity index (χ0) is 12.0. The van der Waals surface area contributed by atoms with Crippen molar-refractivity contribution < 1.29 is 14.6 Å². The first-order chi connectivity index (χ1) is 7.61. The summed E-state index contributed by atoms with van der Waals surface area (Å²) in [6.45, 7) is 4.83. The maximum absolute atomic E-state index is 10.9. The highest BCUT2D eigenvalue weighted by Crippen LogP contribution is 2.23. The summed E-state index contributed by atoms with van der Waals surface area (Å²) in [5, 5.41) is 8.75. The van der Waals surface area contributed by atoms with Gasteiger partial charge in [0.05, 0.1) is 6.10 Å². The predicted octanol–water partition coefficient (Wildman–Crippen LogP) is 2.79. The third-order valence-corrected chi connectivity index (χ3v) is 4.47. The molecule has 1 N–H and O–H groups in total. The molecule has 0 aromatic carbocycles. The Kier molecular flexibility index (Phi) is 6.21. The van der Waals surface area contributed by atoms with E-state index in [0.717, 1.165) is 25.2 Å². The normalized spacial score (nSPS) is 22.6. The number of carboxylic acid groups (broad SMARTS) is 1. The Balaban J connectivity index is 2.10. The van der Waals surface area contributed by atoms with Gasteiger partial charge in [0.2, 0.25) is 0 Å². The summed E-state index contributed by atoms with van der Waals surface area (Å²) in [7, 11) is 0. The van der Waals surface area contributed by atoms with Crippen LogP contribution < -0.4 is 0 Å². The fourth-order valence-electron chi connectivity index (χ4n) is 1.94. The van der Waals surface area contributed by atoms with Gasteiger partial charge in [-0.2, -0.15) is 0 Å². The molecule has 1 saturated heterocycles. The zero-order valence-corrected chi connectivity index (χ0v) is 11.0. The van der Waals surface area contributed by atoms with Crippen molar-refractivity contribution in [2.45, 2.75) is 50.9 Å². The first-order valence-corrected chi connectivity index (χ1v) is 7.12. The molecular formula is C12H22O3S. The summed E-state index contributed by atoms with van der Waals surface area (Å²) < 4.78 is 5.53. The quantitative estimate of drug-likeness (QED) is 0.702. The maximum atomic E-state index is 10.9. The van der Waals surface area contributed by atoms with E-state index in [4.69, 9.17) is 9.84 Å². The van der Waals surface area contributed by atoms with E-state index in [9.17, 15) is 4.79 Å². The molecule has 0 aliphatic carbocycles. The number of rotatable bonds is 7. The van der Waals surface area contributed by atoms with E-state index in [2.05, 4.69) is 0 Å². The minimum atomic E-state index is -0.683. The van der Waals surface area contributed by atoms with Gasteiger partial charge in [-0.3, -0.25) is 4.79 Å². The fourth-order valence-corrected chi connectivity index (χ4v) is 3.06. The molecule has 1 aliphatic heterocycles. The van der Waals surface area contributed by atoms with Gasteiger partial charge in [-0.1, -0.05) is 13.8 Å². The van der Waals surface area contributed by atoms with Crippen molar-refractivity contribution in [2.24, 2.45) is 5.92 Å². The molecular weight excluding hydrogens is 224 g/mol. The van der Waals surface area contributed by atoms with E-state index in [-0.39, 0.29) is 11.2 Å². The van der Waals surface area contributed by atoms with Gasteiger partial charge in [-0.05, 0) is 37.4 Å². The third-order valence-electron chi connectivity index (χ3n) is 2.84. The summed E-state index contributed by atoms with van der Waals surface area (Å²) in [6.07, 6.45) is 4.94. The number of thioether (sulfide) groups is 1. The molecule has 0 amide bonds. The molecule has 2 atom stereocenters. The largest absolute Gasteiger partial charge is 0.480 e. The summed E-state index contributed by atoms with van der Waals surface area (Å²) in [5.74, 6) is 0.442. The van der Waals surface area contributed by atoms with Crippen LogP contribution in [0, 0.1) is 5.92 Å². The fraction of sp³-hybridized carbons (Fsp3) is 0.917. The van der Waals surface area contributed by atoms with Crippen LogP contribution in [0.5, 0.6) is 0 Å². The molecule has 16 heavy (non-hydrogen) atoms. The molecule has 1 heterocycles. The number of carbonyl (C=O) groups is 1. The molecule has 0 radical (unpaired) electrons. The van der Waals surface area contributed by atoms with Gasteiger partial charge in [-0.25, -0.2) is 0 Å². The molecule has 0 aromatic rings. The molecule has 1 rings (SSSR count). The summed E-state index contributed by atoms with van der Waals surface area (Å²) >= 11 is 1.57. The lowest BCUT2D eigenvalue weighted by atomic mass is 10.1. The van der Waals surface area contributed by atoms with Crippen LogP contribution in [0.3, 0.4) is 0 Å². The van der Waals surface area contributed by atoms with Crippen LogP contribution in [0.4, 0.5) is 0 Å². The average Bonchev–Trinajstić information content (AvgIpc) is 2.68. The Morgan fingerprint density at radius 1 is 1.56 bits per heavy atom. The highest BCUT2D eigenvalue weighted by Gasteiger charge is 2.22. The second-order valence-electron chi connectivity index (χ2n) is 4.65. The first kappa shape index (κ1) is 13.8. The van der Waals surface area contributed by atoms with Gasteiger partial charge >= 0.3 is 5.97 Å². The topological polar surface area (TPSA) is 46.5 Å². The molecule has 2 unspecified atom stereocenters. The van der Waals surface area contributed by atoms with Crippen LogP contribution in [0.1, 0.15) is 39.5 Å². The molecule has 1 aliphatic rings. The molecule has 0 bridgehead atoms. The van der Waals surface area contributed by atoms with Crippen LogP contribution in [0.15, 0.2) is 0 Å². The lowest BCUT2D eigenvalue weighted by molar-refractivity contribution is -0.137. The third kappa shape index (κ3) is 4.74. The molecule has 0 saturated carbocycles. The van der Waals surface area contributed by atoms with E-state index in [0.29, 0.717) is 6.10 Å². The van der Waals surface area contributed by atoms with E-state index in [1.807, 2.05) is 13.8 Å². The van der Waals surface area contributed by atoms with Crippen molar-refractivity contribution >= 4 is 17.7 Å². The Morgan fingerprint density at radius 3 is 2.81 bits per heavy atom. The summed E-state index contributed by atoms with van der Waals surface area (Å²) in [4.78, 5) is 10.9. The Morgan fingerprint density at radius 2 is 2.31 bits per heavy atom. The summed E-state index contributed by atoms with van der Waals surface area (Å²) in [6, 6.07) is 0. The Labute approximate surface area is 102 Å². The van der Waals surface area contributed by atoms with Crippen LogP contribution >= 0.6 is 11.8 Å². The highest BCUT2D eigenvalue weighted by molar-refractivity contribution is 8.00. The predicted molar refractivity (Wildman–Crippen MR) is 66.9 cm³/mol. The molecule has 3 nitrogen and oxygen atoms in total. The van der Waals surface area contributed by atoms with Crippen molar-refractivity contribution in [3.63, 3.8) is 0 Å². The van der Waals surface area contributed by atoms with Gasteiger partial charge in [0.1, 0.15) is 5.25 Å². The van der Waals surface area contributed by atoms with Crippen molar-refractivity contribution in [2.75, 3.05) is 12.4 Å². The van der Waals surface area contributed by atoms with Gasteiger partial charge < -0.3 is 9.84 Å². The van der Waals surface area contributed by atoms with E-state index < -0.39 is 5.97 Å². The smallest absolute Gasteiger partial charge is 0.316 e. The van der Waals surface area contributed by atoms with Gasteiger partial charge in [0.25, 0.3) is 0 Å². The molecule has 94 valence electrons. The lowest BCUT2D eigenvalue weighted by Gasteiger charge is -2.16. The first-order valence-electron chi connectivity index (χ1n) is 6.07. The Hall–Kier alpha value is -0.220. The van der Waals surface area contributed by atoms with Gasteiger partial charge in [0.15, 0.2) is 0 Å². The zero-order valence-electron chi connectivity index (χ0n) is 10.1. The van der Waals surface area contributed by atoms with Crippen molar-refractivity contribution in [1.82, 2.24) is 0 Å². The van der Waals surface area contributed by atoms with Crippen LogP contribution in [0.2, 0.25) is 0 Å². The number of ether oxygens (including phenoxy) is 1. The van der Waals surface area contributed by atoms with Crippen LogP contribution in [-0.4, -0.2) is 34.8 Å². The van der Waals surface area contributed by atoms with Gasteiger partial charge in [-0.15, -0.1) is 11.8 Å². The second-order valence-corrected chi connectivity index (χ2v) is 5.90. The molecule has 4 heteroatoms. The monoisotopic (exact) mass is 246 g/mol. The minimum Gasteiger partial charge on any atom is -0.480 e. The van der Waals surface area contributed by atoms with Gasteiger partial charge in [0, 0.05) is 6.61 Å². The summed E-state index contributed by atoms with van der Waals surface area (Å²) in [5.41, 5.74) is 0. The number of hydrogen-bond acceptors (Lipinski definition) is 3. The minimum absolute atomic E-state index is 0.199. The van der Waals surface area contributed by atoms with E-state index in [1.54, 1.807) is 11.8 Å². The van der Waals surface area contributed by atoms with Crippen molar-refractivity contribution in [1.29, 1.82) is 0 Å². The van der Waals surface area contributed by atoms with Crippen molar-refractivity contribution in [3.8, 4) is 0 Å². The molecule has 0 aromatic heterocycles. The van der Waals surface area contributed by atoms with Crippen molar-refractivity contribution in [3.05, 3.63) is 0 Å². The lowest BCUT2D eigenvalue weighted by Crippen LogP contribution is -2.23. The van der Waals surface area contributed by atoms with Crippen LogP contribution in [-0.2, 0) is 9.53 Å². The SMILES string of the molecule is CC(C)C(SCCCC1CCCO1)C(=O)O. The second kappa shape index (κ2) is 7.17. The van der Waals surface area contributed by atoms with Crippen LogP contribution in [0.25, 0.3) is 0 Å². The molecule has 1 fully saturated rings. The molecule has 0 spiro atoms. The maximum Gasteiger partial charge on any atom is 0.316 e. The number of aliphatic carboxylic acids is 1. The standard InChI is InChI=1S/C12H22O3S/c1-9(2)11(12(13)14)16-8-4-6-10-5-3-7-15-10/h9-11H,3-8H2,1-2H3,(H,13,14). The number of hydrogen-bond donors (Lipinski definition) is 1. The van der Waals surface area contributed by atoms with E-state index in [1.165, 1.54) is 12.8 Å². The van der Waals surface area contributed by atoms with E-state index >= 15 is 0 Å².